The summed E-state index contributed by atoms with van der Waals surface area (Å²) in [6.07, 6.45) is 5.70. The Bertz CT molecular complexity index is 550. The number of fused-ring (bicyclic) bond motifs is 1. The summed E-state index contributed by atoms with van der Waals surface area (Å²) in [5, 5.41) is 0. The maximum Gasteiger partial charge on any atom is 0.189 e. The average molecular weight is 264 g/mol. The third kappa shape index (κ3) is 2.89. The van der Waals surface area contributed by atoms with E-state index in [-0.39, 0.29) is 5.82 Å². The molecule has 0 aliphatic carbocycles. The van der Waals surface area contributed by atoms with Crippen LogP contribution in [0.4, 0.5) is 4.39 Å². The van der Waals surface area contributed by atoms with Crippen LogP contribution < -0.4 is 4.74 Å². The van der Waals surface area contributed by atoms with Crippen molar-refractivity contribution in [1.29, 1.82) is 0 Å². The number of pyridine rings is 1. The Hall–Kier alpha value is -1.55. The van der Waals surface area contributed by atoms with E-state index in [1.165, 1.54) is 7.11 Å². The molecule has 0 atom stereocenters. The van der Waals surface area contributed by atoms with Gasteiger partial charge in [-0.15, -0.1) is 0 Å². The Morgan fingerprint density at radius 3 is 2.68 bits per heavy atom. The van der Waals surface area contributed by atoms with Crippen molar-refractivity contribution >= 4 is 5.52 Å². The fourth-order valence-electron chi connectivity index (χ4n) is 2.37. The van der Waals surface area contributed by atoms with Crippen molar-refractivity contribution in [2.24, 2.45) is 0 Å². The van der Waals surface area contributed by atoms with Crippen LogP contribution in [0.1, 0.15) is 18.9 Å². The van der Waals surface area contributed by atoms with Gasteiger partial charge in [-0.05, 0) is 44.1 Å². The zero-order valence-electron chi connectivity index (χ0n) is 11.8. The highest BCUT2D eigenvalue weighted by atomic mass is 19.1. The molecule has 4 heteroatoms. The fraction of sp³-hybridized carbons (Fsp3) is 0.467. The number of ether oxygens (including phenoxy) is 1. The van der Waals surface area contributed by atoms with Crippen LogP contribution >= 0.6 is 0 Å². The molecule has 0 aliphatic heterocycles. The third-order valence-electron chi connectivity index (χ3n) is 3.40. The van der Waals surface area contributed by atoms with Crippen molar-refractivity contribution in [3.8, 4) is 5.75 Å². The van der Waals surface area contributed by atoms with E-state index in [0.717, 1.165) is 31.5 Å². The van der Waals surface area contributed by atoms with Crippen molar-refractivity contribution in [3.05, 3.63) is 35.9 Å². The summed E-state index contributed by atoms with van der Waals surface area (Å²) < 4.78 is 21.1. The predicted octanol–water partition coefficient (Wildman–Crippen LogP) is 2.97. The Labute approximate surface area is 113 Å². The van der Waals surface area contributed by atoms with Crippen LogP contribution in [0.3, 0.4) is 0 Å². The minimum absolute atomic E-state index is 0.275. The van der Waals surface area contributed by atoms with Crippen LogP contribution in [0.15, 0.2) is 24.5 Å². The van der Waals surface area contributed by atoms with Gasteiger partial charge in [-0.2, -0.15) is 0 Å². The Morgan fingerprint density at radius 2 is 2.00 bits per heavy atom. The van der Waals surface area contributed by atoms with Crippen LogP contribution in [0.2, 0.25) is 0 Å². The number of methoxy groups -OCH3 is 1. The fourth-order valence-corrected chi connectivity index (χ4v) is 2.37. The second-order valence-electron chi connectivity index (χ2n) is 4.85. The maximum absolute atomic E-state index is 14.3. The molecule has 2 heterocycles. The second-order valence-corrected chi connectivity index (χ2v) is 4.85. The highest BCUT2D eigenvalue weighted by molar-refractivity contribution is 5.60. The van der Waals surface area contributed by atoms with E-state index < -0.39 is 0 Å². The number of aromatic nitrogens is 1. The first-order valence-corrected chi connectivity index (χ1v) is 6.68. The molecule has 19 heavy (non-hydrogen) atoms. The van der Waals surface area contributed by atoms with Gasteiger partial charge in [0.1, 0.15) is 0 Å². The highest BCUT2D eigenvalue weighted by Crippen LogP contribution is 2.25. The molecule has 0 fully saturated rings. The number of hydrogen-bond acceptors (Lipinski definition) is 2. The molecule has 2 aromatic rings. The third-order valence-corrected chi connectivity index (χ3v) is 3.40. The zero-order chi connectivity index (χ0) is 13.8. The lowest BCUT2D eigenvalue weighted by molar-refractivity contribution is 0.339. The van der Waals surface area contributed by atoms with Crippen molar-refractivity contribution in [2.75, 3.05) is 27.2 Å². The van der Waals surface area contributed by atoms with Crippen LogP contribution in [0.25, 0.3) is 5.52 Å². The molecule has 2 aromatic heterocycles. The Morgan fingerprint density at radius 1 is 1.26 bits per heavy atom. The molecule has 0 amide bonds. The summed E-state index contributed by atoms with van der Waals surface area (Å²) in [5.74, 6) is 0.0255. The molecule has 104 valence electrons. The van der Waals surface area contributed by atoms with E-state index >= 15 is 0 Å². The molecule has 0 bridgehead atoms. The second kappa shape index (κ2) is 6.06. The molecular formula is C15H21FN2O. The van der Waals surface area contributed by atoms with Crippen molar-refractivity contribution in [2.45, 2.75) is 19.8 Å². The van der Waals surface area contributed by atoms with Crippen molar-refractivity contribution in [3.63, 3.8) is 0 Å². The van der Waals surface area contributed by atoms with Gasteiger partial charge in [-0.1, -0.05) is 6.92 Å². The van der Waals surface area contributed by atoms with Gasteiger partial charge in [0, 0.05) is 18.9 Å². The number of rotatable bonds is 6. The summed E-state index contributed by atoms with van der Waals surface area (Å²) in [5.41, 5.74) is 1.66. The Balaban J connectivity index is 2.24. The lowest BCUT2D eigenvalue weighted by Gasteiger charge is -2.15. The number of likely N-dealkylation sites (N-methyl/N-ethyl adjacent to an activating group) is 1. The largest absolute Gasteiger partial charge is 0.494 e. The molecule has 0 aromatic carbocycles. The summed E-state index contributed by atoms with van der Waals surface area (Å²) in [6, 6.07) is 3.63. The molecule has 3 nitrogen and oxygen atoms in total. The van der Waals surface area contributed by atoms with Crippen molar-refractivity contribution in [1.82, 2.24) is 9.30 Å². The standard InChI is InChI=1S/C15H21FN2O/c1-4-8-17(2)9-5-12-6-10-18-11-7-13(19-3)14(16)15(12)18/h6-7,10-11H,4-5,8-9H2,1-3H3. The molecular weight excluding hydrogens is 243 g/mol. The predicted molar refractivity (Wildman–Crippen MR) is 75.4 cm³/mol. The minimum Gasteiger partial charge on any atom is -0.494 e. The van der Waals surface area contributed by atoms with Gasteiger partial charge in [0.15, 0.2) is 11.6 Å². The molecule has 0 aliphatic rings. The smallest absolute Gasteiger partial charge is 0.189 e. The monoisotopic (exact) mass is 264 g/mol. The molecule has 0 N–H and O–H groups in total. The molecule has 0 spiro atoms. The SMILES string of the molecule is CCCN(C)CCc1ccn2ccc(OC)c(F)c12. The van der Waals surface area contributed by atoms with E-state index in [9.17, 15) is 4.39 Å². The minimum atomic E-state index is -0.275. The van der Waals surface area contributed by atoms with Gasteiger partial charge in [0.05, 0.1) is 12.6 Å². The molecule has 0 saturated carbocycles. The maximum atomic E-state index is 14.3. The van der Waals surface area contributed by atoms with Gasteiger partial charge >= 0.3 is 0 Å². The van der Waals surface area contributed by atoms with Gasteiger partial charge < -0.3 is 14.0 Å². The van der Waals surface area contributed by atoms with Crippen LogP contribution in [0.5, 0.6) is 5.75 Å². The van der Waals surface area contributed by atoms with Crippen LogP contribution in [-0.2, 0) is 6.42 Å². The first-order valence-electron chi connectivity index (χ1n) is 6.68. The Kier molecular flexibility index (Phi) is 4.43. The van der Waals surface area contributed by atoms with Crippen molar-refractivity contribution < 1.29 is 9.13 Å². The summed E-state index contributed by atoms with van der Waals surface area (Å²) in [4.78, 5) is 2.27. The lowest BCUT2D eigenvalue weighted by Crippen LogP contribution is -2.21. The summed E-state index contributed by atoms with van der Waals surface area (Å²) >= 11 is 0. The molecule has 0 saturated heterocycles. The van der Waals surface area contributed by atoms with E-state index in [1.54, 1.807) is 6.07 Å². The van der Waals surface area contributed by atoms with E-state index in [2.05, 4.69) is 18.9 Å². The average Bonchev–Trinajstić information content (AvgIpc) is 2.81. The van der Waals surface area contributed by atoms with E-state index in [4.69, 9.17) is 4.74 Å². The molecule has 2 rings (SSSR count). The normalized spacial score (nSPS) is 11.4. The number of hydrogen-bond donors (Lipinski definition) is 0. The van der Waals surface area contributed by atoms with Gasteiger partial charge in [0.2, 0.25) is 0 Å². The highest BCUT2D eigenvalue weighted by Gasteiger charge is 2.12. The number of nitrogens with zero attached hydrogens (tertiary/aromatic N) is 2. The topological polar surface area (TPSA) is 16.9 Å². The van der Waals surface area contributed by atoms with Gasteiger partial charge in [-0.3, -0.25) is 0 Å². The first-order chi connectivity index (χ1) is 9.17. The van der Waals surface area contributed by atoms with Gasteiger partial charge in [0.25, 0.3) is 0 Å². The molecule has 0 radical (unpaired) electrons. The quantitative estimate of drug-likeness (QED) is 0.798. The van der Waals surface area contributed by atoms with E-state index in [1.807, 2.05) is 22.9 Å². The molecule has 0 unspecified atom stereocenters. The van der Waals surface area contributed by atoms with Crippen LogP contribution in [0, 0.1) is 5.82 Å². The first kappa shape index (κ1) is 13.9. The van der Waals surface area contributed by atoms with E-state index in [0.29, 0.717) is 11.3 Å². The summed E-state index contributed by atoms with van der Waals surface area (Å²) in [7, 11) is 3.59. The van der Waals surface area contributed by atoms with Gasteiger partial charge in [-0.25, -0.2) is 4.39 Å². The zero-order valence-corrected chi connectivity index (χ0v) is 11.8. The lowest BCUT2D eigenvalue weighted by atomic mass is 10.1. The number of halogens is 1. The summed E-state index contributed by atoms with van der Waals surface area (Å²) in [6.45, 7) is 4.16. The van der Waals surface area contributed by atoms with Crippen LogP contribution in [-0.4, -0.2) is 36.5 Å².